The van der Waals surface area contributed by atoms with Crippen molar-refractivity contribution >= 4 is 42.1 Å². The van der Waals surface area contributed by atoms with Crippen molar-refractivity contribution in [1.82, 2.24) is 9.80 Å². The number of carbonyl (C=O) groups excluding carboxylic acids is 1. The lowest BCUT2D eigenvalue weighted by atomic mass is 9.86. The Morgan fingerprint density at radius 2 is 1.96 bits per heavy atom. The average Bonchev–Trinajstić information content (AvgIpc) is 3.05. The van der Waals surface area contributed by atoms with Crippen LogP contribution in [-0.2, 0) is 9.53 Å². The number of thiophene rings is 1. The Bertz CT molecular complexity index is 502. The molecule has 1 aromatic heterocycles. The van der Waals surface area contributed by atoms with E-state index in [0.717, 1.165) is 26.3 Å². The summed E-state index contributed by atoms with van der Waals surface area (Å²) in [5, 5.41) is 2.09. The first-order valence-electron chi connectivity index (χ1n) is 8.16. The van der Waals surface area contributed by atoms with Crippen LogP contribution in [0.1, 0.15) is 31.7 Å². The minimum atomic E-state index is -0.485. The average molecular weight is 412 g/mol. The van der Waals surface area contributed by atoms with Crippen LogP contribution >= 0.6 is 36.2 Å². The Labute approximate surface area is 167 Å². The van der Waals surface area contributed by atoms with Crippen LogP contribution in [0.4, 0.5) is 0 Å². The fourth-order valence-corrected chi connectivity index (χ4v) is 3.56. The number of carbonyl (C=O) groups is 1. The van der Waals surface area contributed by atoms with Crippen LogP contribution in [0.15, 0.2) is 17.5 Å². The van der Waals surface area contributed by atoms with E-state index in [1.807, 2.05) is 27.8 Å². The predicted molar refractivity (Wildman–Crippen MR) is 109 cm³/mol. The Hall–Kier alpha value is -0.370. The van der Waals surface area contributed by atoms with Crippen molar-refractivity contribution in [3.63, 3.8) is 0 Å². The second-order valence-electron chi connectivity index (χ2n) is 7.24. The molecule has 25 heavy (non-hydrogen) atoms. The lowest BCUT2D eigenvalue weighted by Gasteiger charge is -2.37. The van der Waals surface area contributed by atoms with E-state index in [1.165, 1.54) is 4.88 Å². The third-order valence-corrected chi connectivity index (χ3v) is 5.35. The number of nitrogens with zero attached hydrogens (tertiary/aromatic N) is 2. The third-order valence-electron chi connectivity index (χ3n) is 4.38. The molecule has 2 heterocycles. The van der Waals surface area contributed by atoms with E-state index in [4.69, 9.17) is 10.5 Å². The summed E-state index contributed by atoms with van der Waals surface area (Å²) in [4.78, 5) is 18.1. The largest absolute Gasteiger partial charge is 0.379 e. The normalized spacial score (nSPS) is 17.8. The van der Waals surface area contributed by atoms with E-state index in [-0.39, 0.29) is 42.2 Å². The van der Waals surface area contributed by atoms with Gasteiger partial charge < -0.3 is 15.4 Å². The fourth-order valence-electron chi connectivity index (χ4n) is 2.71. The molecule has 0 saturated carbocycles. The minimum Gasteiger partial charge on any atom is -0.379 e. The lowest BCUT2D eigenvalue weighted by molar-refractivity contribution is -0.134. The van der Waals surface area contributed by atoms with E-state index in [0.29, 0.717) is 6.54 Å². The van der Waals surface area contributed by atoms with Gasteiger partial charge in [-0.2, -0.15) is 0 Å². The summed E-state index contributed by atoms with van der Waals surface area (Å²) in [7, 11) is 1.86. The monoisotopic (exact) mass is 411 g/mol. The number of ether oxygens (including phenoxy) is 1. The van der Waals surface area contributed by atoms with Gasteiger partial charge in [-0.3, -0.25) is 9.69 Å². The standard InChI is InChI=1S/C17H29N3O2S.2ClH/c1-17(2,3)15(18)16(21)19(4)12-13(14-6-5-11-23-14)20-7-9-22-10-8-20;;/h5-6,11,13,15H,7-10,12,18H2,1-4H3;2*1H/t13?,15-;;/m1../s1. The zero-order valence-corrected chi connectivity index (χ0v) is 17.9. The van der Waals surface area contributed by atoms with Crippen molar-refractivity contribution in [3.8, 4) is 0 Å². The molecule has 1 unspecified atom stereocenters. The highest BCUT2D eigenvalue weighted by molar-refractivity contribution is 7.10. The highest BCUT2D eigenvalue weighted by Gasteiger charge is 2.32. The van der Waals surface area contributed by atoms with E-state index < -0.39 is 6.04 Å². The maximum Gasteiger partial charge on any atom is 0.239 e. The molecule has 1 amide bonds. The smallest absolute Gasteiger partial charge is 0.239 e. The van der Waals surface area contributed by atoms with Crippen LogP contribution in [0, 0.1) is 5.41 Å². The predicted octanol–water partition coefficient (Wildman–Crippen LogP) is 2.80. The van der Waals surface area contributed by atoms with Crippen LogP contribution in [0.25, 0.3) is 0 Å². The number of halogens is 2. The molecule has 1 aromatic rings. The SMILES string of the molecule is CN(CC(c1cccs1)N1CCOCC1)C(=O)[C@@H](N)C(C)(C)C.Cl.Cl. The number of nitrogens with two attached hydrogens (primary N) is 1. The molecule has 0 bridgehead atoms. The summed E-state index contributed by atoms with van der Waals surface area (Å²) in [6, 6.07) is 3.93. The first-order chi connectivity index (χ1) is 10.8. The summed E-state index contributed by atoms with van der Waals surface area (Å²) in [6.07, 6.45) is 0. The Morgan fingerprint density at radius 3 is 2.44 bits per heavy atom. The van der Waals surface area contributed by atoms with Crippen molar-refractivity contribution in [3.05, 3.63) is 22.4 Å². The highest BCUT2D eigenvalue weighted by Crippen LogP contribution is 2.27. The van der Waals surface area contributed by atoms with Gasteiger partial charge in [0.25, 0.3) is 0 Å². The first-order valence-corrected chi connectivity index (χ1v) is 9.04. The van der Waals surface area contributed by atoms with Gasteiger partial charge >= 0.3 is 0 Å². The van der Waals surface area contributed by atoms with Gasteiger partial charge in [0.1, 0.15) is 0 Å². The van der Waals surface area contributed by atoms with E-state index in [1.54, 1.807) is 16.2 Å². The molecule has 1 saturated heterocycles. The van der Waals surface area contributed by atoms with E-state index in [2.05, 4.69) is 22.4 Å². The summed E-state index contributed by atoms with van der Waals surface area (Å²) >= 11 is 1.74. The van der Waals surface area contributed by atoms with Crippen LogP contribution in [0.3, 0.4) is 0 Å². The van der Waals surface area contributed by atoms with Crippen molar-refractivity contribution in [2.75, 3.05) is 39.9 Å². The Morgan fingerprint density at radius 1 is 1.36 bits per heavy atom. The summed E-state index contributed by atoms with van der Waals surface area (Å²) in [6.45, 7) is 9.96. The molecular formula is C17H31Cl2N3O2S. The van der Waals surface area contributed by atoms with Crippen LogP contribution < -0.4 is 5.73 Å². The molecule has 5 nitrogen and oxygen atoms in total. The van der Waals surface area contributed by atoms with Gasteiger partial charge in [-0.15, -0.1) is 36.2 Å². The summed E-state index contributed by atoms with van der Waals surface area (Å²) in [5.74, 6) is 0.00677. The Kier molecular flexibility index (Phi) is 10.5. The number of likely N-dealkylation sites (N-methyl/N-ethyl adjacent to an activating group) is 1. The molecule has 2 rings (SSSR count). The van der Waals surface area contributed by atoms with Crippen molar-refractivity contribution in [2.45, 2.75) is 32.9 Å². The second-order valence-corrected chi connectivity index (χ2v) is 8.22. The van der Waals surface area contributed by atoms with Crippen LogP contribution in [0.2, 0.25) is 0 Å². The summed E-state index contributed by atoms with van der Waals surface area (Å²) < 4.78 is 5.46. The van der Waals surface area contributed by atoms with Gasteiger partial charge in [0.2, 0.25) is 5.91 Å². The number of amides is 1. The number of rotatable bonds is 5. The van der Waals surface area contributed by atoms with Crippen LogP contribution in [-0.4, -0.2) is 61.6 Å². The van der Waals surface area contributed by atoms with Gasteiger partial charge in [-0.25, -0.2) is 0 Å². The van der Waals surface area contributed by atoms with Crippen molar-refractivity contribution in [1.29, 1.82) is 0 Å². The molecule has 0 spiro atoms. The molecule has 1 aliphatic heterocycles. The zero-order chi connectivity index (χ0) is 17.0. The first kappa shape index (κ1) is 24.6. The van der Waals surface area contributed by atoms with Crippen molar-refractivity contribution in [2.24, 2.45) is 11.1 Å². The van der Waals surface area contributed by atoms with Gasteiger partial charge in [-0.1, -0.05) is 26.8 Å². The van der Waals surface area contributed by atoms with Gasteiger partial charge in [0.15, 0.2) is 0 Å². The molecule has 1 fully saturated rings. The lowest BCUT2D eigenvalue weighted by Crippen LogP contribution is -2.51. The molecule has 1 aliphatic rings. The maximum absolute atomic E-state index is 12.6. The molecule has 0 aromatic carbocycles. The summed E-state index contributed by atoms with van der Waals surface area (Å²) in [5.41, 5.74) is 5.91. The highest BCUT2D eigenvalue weighted by atomic mass is 35.5. The second kappa shape index (κ2) is 10.7. The zero-order valence-electron chi connectivity index (χ0n) is 15.4. The van der Waals surface area contributed by atoms with Crippen LogP contribution in [0.5, 0.6) is 0 Å². The van der Waals surface area contributed by atoms with E-state index >= 15 is 0 Å². The van der Waals surface area contributed by atoms with Crippen molar-refractivity contribution < 1.29 is 9.53 Å². The Balaban J connectivity index is 0.00000288. The number of morpholine rings is 1. The molecule has 2 atom stereocenters. The topological polar surface area (TPSA) is 58.8 Å². The third kappa shape index (κ3) is 6.70. The van der Waals surface area contributed by atoms with Gasteiger partial charge in [0.05, 0.1) is 25.3 Å². The number of hydrogen-bond acceptors (Lipinski definition) is 5. The molecule has 0 aliphatic carbocycles. The molecule has 146 valence electrons. The minimum absolute atomic E-state index is 0. The van der Waals surface area contributed by atoms with E-state index in [9.17, 15) is 4.79 Å². The molecule has 8 heteroatoms. The maximum atomic E-state index is 12.6. The quantitative estimate of drug-likeness (QED) is 0.808. The fraction of sp³-hybridized carbons (Fsp3) is 0.706. The van der Waals surface area contributed by atoms with Gasteiger partial charge in [-0.05, 0) is 16.9 Å². The molecule has 2 N–H and O–H groups in total. The molecule has 0 radical (unpaired) electrons. The number of hydrogen-bond donors (Lipinski definition) is 1. The molecular weight excluding hydrogens is 381 g/mol. The van der Waals surface area contributed by atoms with Gasteiger partial charge in [0, 0.05) is 31.6 Å².